The minimum Gasteiger partial charge on any atom is -0.462 e. The molecule has 0 bridgehead atoms. The van der Waals surface area contributed by atoms with E-state index in [4.69, 9.17) is 9.47 Å². The van der Waals surface area contributed by atoms with Gasteiger partial charge in [-0.25, -0.2) is 4.79 Å². The number of carbonyl (C=O) groups excluding carboxylic acids is 3. The van der Waals surface area contributed by atoms with Gasteiger partial charge in [0, 0.05) is 23.8 Å². The molecule has 144 valence electrons. The van der Waals surface area contributed by atoms with E-state index in [1.165, 1.54) is 0 Å². The number of ether oxygens (including phenoxy) is 2. The van der Waals surface area contributed by atoms with Crippen LogP contribution in [0.1, 0.15) is 47.0 Å². The van der Waals surface area contributed by atoms with Gasteiger partial charge in [-0.1, -0.05) is 27.4 Å². The zero-order valence-corrected chi connectivity index (χ0v) is 15.9. The molecule has 1 aliphatic heterocycles. The second-order valence-electron chi connectivity index (χ2n) is 8.34. The number of aliphatic hydroxyl groups excluding tert-OH is 1. The van der Waals surface area contributed by atoms with Gasteiger partial charge in [0.2, 0.25) is 0 Å². The van der Waals surface area contributed by atoms with Crippen LogP contribution in [0.4, 0.5) is 0 Å². The second-order valence-corrected chi connectivity index (χ2v) is 8.34. The Labute approximate surface area is 153 Å². The third kappa shape index (κ3) is 2.61. The summed E-state index contributed by atoms with van der Waals surface area (Å²) < 4.78 is 11.4. The summed E-state index contributed by atoms with van der Waals surface area (Å²) >= 11 is 0. The van der Waals surface area contributed by atoms with Crippen LogP contribution in [0, 0.1) is 29.1 Å². The molecule has 1 heterocycles. The largest absolute Gasteiger partial charge is 0.462 e. The quantitative estimate of drug-likeness (QED) is 0.609. The van der Waals surface area contributed by atoms with Gasteiger partial charge in [0.25, 0.3) is 0 Å². The van der Waals surface area contributed by atoms with Crippen molar-refractivity contribution in [3.63, 3.8) is 0 Å². The van der Waals surface area contributed by atoms with Crippen LogP contribution < -0.4 is 0 Å². The Bertz CT molecular complexity index is 655. The lowest BCUT2D eigenvalue weighted by atomic mass is 9.66. The van der Waals surface area contributed by atoms with Crippen LogP contribution >= 0.6 is 0 Å². The first-order chi connectivity index (χ1) is 12.1. The fourth-order valence-corrected chi connectivity index (χ4v) is 5.37. The van der Waals surface area contributed by atoms with Crippen molar-refractivity contribution < 1.29 is 29.0 Å². The molecule has 6 nitrogen and oxygen atoms in total. The number of esters is 2. The molecule has 6 heteroatoms. The van der Waals surface area contributed by atoms with E-state index in [-0.39, 0.29) is 30.0 Å². The van der Waals surface area contributed by atoms with Crippen molar-refractivity contribution in [2.45, 2.75) is 65.3 Å². The van der Waals surface area contributed by atoms with Crippen LogP contribution in [0.5, 0.6) is 0 Å². The summed E-state index contributed by atoms with van der Waals surface area (Å²) in [5, 5.41) is 10.6. The van der Waals surface area contributed by atoms with Crippen molar-refractivity contribution in [1.82, 2.24) is 0 Å². The zero-order valence-electron chi connectivity index (χ0n) is 15.9. The molecular formula is C20H28O6. The molecule has 26 heavy (non-hydrogen) atoms. The fourth-order valence-electron chi connectivity index (χ4n) is 5.37. The van der Waals surface area contributed by atoms with E-state index in [0.29, 0.717) is 18.4 Å². The van der Waals surface area contributed by atoms with Crippen molar-refractivity contribution in [1.29, 1.82) is 0 Å². The molecule has 0 aromatic heterocycles. The lowest BCUT2D eigenvalue weighted by Gasteiger charge is -2.40. The van der Waals surface area contributed by atoms with E-state index in [2.05, 4.69) is 6.58 Å². The summed E-state index contributed by atoms with van der Waals surface area (Å²) in [7, 11) is 0. The van der Waals surface area contributed by atoms with E-state index in [0.717, 1.165) is 0 Å². The summed E-state index contributed by atoms with van der Waals surface area (Å²) in [4.78, 5) is 37.7. The van der Waals surface area contributed by atoms with Gasteiger partial charge >= 0.3 is 11.9 Å². The van der Waals surface area contributed by atoms with Crippen LogP contribution in [-0.4, -0.2) is 41.1 Å². The molecule has 3 rings (SSSR count). The van der Waals surface area contributed by atoms with Gasteiger partial charge in [0.15, 0.2) is 0 Å². The lowest BCUT2D eigenvalue weighted by Crippen LogP contribution is -2.51. The maximum absolute atomic E-state index is 12.9. The lowest BCUT2D eigenvalue weighted by molar-refractivity contribution is -0.165. The molecule has 1 N–H and O–H groups in total. The molecule has 8 unspecified atom stereocenters. The predicted octanol–water partition coefficient (Wildman–Crippen LogP) is 2.04. The molecule has 1 saturated heterocycles. The monoisotopic (exact) mass is 364 g/mol. The molecule has 2 aliphatic carbocycles. The number of Topliss-reactive ketones (excluding diaryl/α,β-unsaturated/α-hetero) is 1. The Hall–Kier alpha value is -1.69. The topological polar surface area (TPSA) is 89.9 Å². The molecule has 3 aliphatic rings. The van der Waals surface area contributed by atoms with Crippen molar-refractivity contribution in [3.05, 3.63) is 12.2 Å². The highest BCUT2D eigenvalue weighted by molar-refractivity contribution is 5.91. The van der Waals surface area contributed by atoms with Crippen LogP contribution in [0.2, 0.25) is 0 Å². The van der Waals surface area contributed by atoms with Gasteiger partial charge in [-0.15, -0.1) is 0 Å². The van der Waals surface area contributed by atoms with Gasteiger partial charge < -0.3 is 14.6 Å². The van der Waals surface area contributed by atoms with Crippen LogP contribution in [0.15, 0.2) is 12.2 Å². The highest BCUT2D eigenvalue weighted by atomic mass is 16.6. The standard InChI is InChI=1S/C20H28O6/c1-6-9(2)18(23)26-17-15-11(4)19(24)25-13(15)7-10(3)16-12(21)8-14(22)20(16,17)5/h10-13,15-17,21H,2,6-8H2,1,3-5H3. The summed E-state index contributed by atoms with van der Waals surface area (Å²) in [6.07, 6.45) is -0.962. The Balaban J connectivity index is 2.08. The van der Waals surface area contributed by atoms with E-state index >= 15 is 0 Å². The van der Waals surface area contributed by atoms with Crippen molar-refractivity contribution in [2.24, 2.45) is 29.1 Å². The van der Waals surface area contributed by atoms with E-state index in [1.54, 1.807) is 20.8 Å². The first-order valence-corrected chi connectivity index (χ1v) is 9.43. The maximum Gasteiger partial charge on any atom is 0.333 e. The summed E-state index contributed by atoms with van der Waals surface area (Å²) in [6, 6.07) is 0. The highest BCUT2D eigenvalue weighted by Gasteiger charge is 2.66. The predicted molar refractivity (Wildman–Crippen MR) is 92.9 cm³/mol. The van der Waals surface area contributed by atoms with Crippen molar-refractivity contribution >= 4 is 17.7 Å². The second kappa shape index (κ2) is 6.48. The average molecular weight is 364 g/mol. The van der Waals surface area contributed by atoms with Crippen LogP contribution in [0.25, 0.3) is 0 Å². The molecule has 0 amide bonds. The normalized spacial score (nSPS) is 44.7. The fraction of sp³-hybridized carbons (Fsp3) is 0.750. The highest BCUT2D eigenvalue weighted by Crippen LogP contribution is 2.56. The molecule has 0 radical (unpaired) electrons. The number of fused-ring (bicyclic) bond motifs is 2. The smallest absolute Gasteiger partial charge is 0.333 e. The average Bonchev–Trinajstić information content (AvgIpc) is 2.94. The number of aliphatic hydroxyl groups is 1. The number of hydrogen-bond acceptors (Lipinski definition) is 6. The van der Waals surface area contributed by atoms with E-state index < -0.39 is 41.5 Å². The number of ketones is 1. The zero-order chi connectivity index (χ0) is 19.4. The van der Waals surface area contributed by atoms with Crippen molar-refractivity contribution in [2.75, 3.05) is 0 Å². The molecule has 0 spiro atoms. The first kappa shape index (κ1) is 19.1. The molecule has 2 saturated carbocycles. The number of carbonyl (C=O) groups is 3. The van der Waals surface area contributed by atoms with E-state index in [9.17, 15) is 19.5 Å². The maximum atomic E-state index is 12.9. The van der Waals surface area contributed by atoms with Gasteiger partial charge in [0.1, 0.15) is 18.0 Å². The third-order valence-corrected chi connectivity index (χ3v) is 6.86. The minimum atomic E-state index is -1.04. The molecular weight excluding hydrogens is 336 g/mol. The van der Waals surface area contributed by atoms with Crippen LogP contribution in [-0.2, 0) is 23.9 Å². The Morgan fingerprint density at radius 2 is 2.04 bits per heavy atom. The van der Waals surface area contributed by atoms with E-state index in [1.807, 2.05) is 6.92 Å². The summed E-state index contributed by atoms with van der Waals surface area (Å²) in [6.45, 7) is 11.0. The Morgan fingerprint density at radius 3 is 2.65 bits per heavy atom. The minimum absolute atomic E-state index is 0.0369. The SMILES string of the molecule is C=C(CC)C(=O)OC1C2C(CC(C)C3C(O)CC(=O)C13C)OC(=O)C2C. The van der Waals surface area contributed by atoms with Gasteiger partial charge in [0.05, 0.1) is 17.4 Å². The summed E-state index contributed by atoms with van der Waals surface area (Å²) in [5.41, 5.74) is -0.715. The Kier molecular flexibility index (Phi) is 4.76. The number of hydrogen-bond donors (Lipinski definition) is 1. The van der Waals surface area contributed by atoms with Gasteiger partial charge in [-0.05, 0) is 25.7 Å². The first-order valence-electron chi connectivity index (χ1n) is 9.43. The summed E-state index contributed by atoms with van der Waals surface area (Å²) in [5.74, 6) is -2.23. The molecule has 3 fully saturated rings. The van der Waals surface area contributed by atoms with Crippen LogP contribution in [0.3, 0.4) is 0 Å². The van der Waals surface area contributed by atoms with Gasteiger partial charge in [-0.3, -0.25) is 9.59 Å². The van der Waals surface area contributed by atoms with Crippen molar-refractivity contribution in [3.8, 4) is 0 Å². The number of rotatable bonds is 3. The molecule has 8 atom stereocenters. The third-order valence-electron chi connectivity index (χ3n) is 6.86. The van der Waals surface area contributed by atoms with Gasteiger partial charge in [-0.2, -0.15) is 0 Å². The molecule has 0 aromatic rings. The Morgan fingerprint density at radius 1 is 1.38 bits per heavy atom. The molecule has 0 aromatic carbocycles.